The lowest BCUT2D eigenvalue weighted by molar-refractivity contribution is -0.137. The first-order valence-electron chi connectivity index (χ1n) is 6.07. The van der Waals surface area contributed by atoms with Gasteiger partial charge >= 0.3 is 6.18 Å². The summed E-state index contributed by atoms with van der Waals surface area (Å²) in [5, 5.41) is 2.58. The molecule has 2 rings (SSSR count). The molecule has 1 aromatic heterocycles. The number of nitrogen functional groups attached to an aromatic ring is 1. The number of nitrogens with one attached hydrogen (secondary N) is 1. The van der Waals surface area contributed by atoms with E-state index in [0.29, 0.717) is 16.1 Å². The summed E-state index contributed by atoms with van der Waals surface area (Å²) >= 11 is 1.25. The average Bonchev–Trinajstić information content (AvgIpc) is 2.75. The van der Waals surface area contributed by atoms with E-state index in [-0.39, 0.29) is 12.5 Å². The molecule has 0 fully saturated rings. The van der Waals surface area contributed by atoms with Crippen LogP contribution in [-0.4, -0.2) is 5.91 Å². The van der Waals surface area contributed by atoms with E-state index in [1.165, 1.54) is 23.5 Å². The van der Waals surface area contributed by atoms with Gasteiger partial charge in [0.15, 0.2) is 0 Å². The lowest BCUT2D eigenvalue weighted by atomic mass is 10.1. The van der Waals surface area contributed by atoms with Crippen LogP contribution in [0.4, 0.5) is 18.9 Å². The van der Waals surface area contributed by atoms with Crippen molar-refractivity contribution in [3.63, 3.8) is 0 Å². The lowest BCUT2D eigenvalue weighted by Crippen LogP contribution is -2.22. The van der Waals surface area contributed by atoms with Gasteiger partial charge in [-0.3, -0.25) is 4.79 Å². The molecule has 0 saturated heterocycles. The molecule has 0 aliphatic heterocycles. The highest BCUT2D eigenvalue weighted by Crippen LogP contribution is 2.29. The van der Waals surface area contributed by atoms with Crippen molar-refractivity contribution >= 4 is 22.9 Å². The Morgan fingerprint density at radius 3 is 2.62 bits per heavy atom. The summed E-state index contributed by atoms with van der Waals surface area (Å²) in [4.78, 5) is 13.2. The first-order chi connectivity index (χ1) is 9.77. The average molecular weight is 314 g/mol. The topological polar surface area (TPSA) is 55.1 Å². The van der Waals surface area contributed by atoms with Gasteiger partial charge in [0, 0.05) is 17.1 Å². The number of thiophene rings is 1. The number of hydrogen-bond donors (Lipinski definition) is 2. The SMILES string of the molecule is Cc1sc(C(=O)NCc2cccc(C(F)(F)F)c2)cc1N. The number of rotatable bonds is 3. The Balaban J connectivity index is 2.04. The molecule has 0 radical (unpaired) electrons. The molecule has 3 nitrogen and oxygen atoms in total. The molecular formula is C14H13F3N2OS. The summed E-state index contributed by atoms with van der Waals surface area (Å²) in [5.41, 5.74) is 5.85. The first-order valence-corrected chi connectivity index (χ1v) is 6.89. The highest BCUT2D eigenvalue weighted by Gasteiger charge is 2.30. The fourth-order valence-corrected chi connectivity index (χ4v) is 2.59. The van der Waals surface area contributed by atoms with Crippen LogP contribution in [0.15, 0.2) is 30.3 Å². The summed E-state index contributed by atoms with van der Waals surface area (Å²) in [6.45, 7) is 1.82. The minimum Gasteiger partial charge on any atom is -0.398 e. The smallest absolute Gasteiger partial charge is 0.398 e. The Kier molecular flexibility index (Phi) is 4.22. The van der Waals surface area contributed by atoms with Gasteiger partial charge in [0.05, 0.1) is 10.4 Å². The quantitative estimate of drug-likeness (QED) is 0.909. The minimum absolute atomic E-state index is 0.0274. The monoisotopic (exact) mass is 314 g/mol. The summed E-state index contributed by atoms with van der Waals surface area (Å²) in [7, 11) is 0. The summed E-state index contributed by atoms with van der Waals surface area (Å²) in [5.74, 6) is -0.350. The van der Waals surface area contributed by atoms with Gasteiger partial charge in [-0.2, -0.15) is 13.2 Å². The number of nitrogens with two attached hydrogens (primary N) is 1. The van der Waals surface area contributed by atoms with Crippen molar-refractivity contribution in [3.05, 3.63) is 51.2 Å². The van der Waals surface area contributed by atoms with Gasteiger partial charge in [0.1, 0.15) is 0 Å². The number of halogens is 3. The molecule has 0 aliphatic carbocycles. The standard InChI is InChI=1S/C14H13F3N2OS/c1-8-11(18)6-12(21-8)13(20)19-7-9-3-2-4-10(5-9)14(15,16)17/h2-6H,7,18H2,1H3,(H,19,20). The predicted molar refractivity (Wildman–Crippen MR) is 76.1 cm³/mol. The number of benzene rings is 1. The number of amides is 1. The second-order valence-corrected chi connectivity index (χ2v) is 5.76. The normalized spacial score (nSPS) is 11.4. The van der Waals surface area contributed by atoms with Crippen LogP contribution < -0.4 is 11.1 Å². The van der Waals surface area contributed by atoms with E-state index in [2.05, 4.69) is 5.32 Å². The maximum absolute atomic E-state index is 12.6. The van der Waals surface area contributed by atoms with Crippen LogP contribution >= 0.6 is 11.3 Å². The summed E-state index contributed by atoms with van der Waals surface area (Å²) in [6, 6.07) is 6.42. The van der Waals surface area contributed by atoms with Crippen LogP contribution in [0, 0.1) is 6.92 Å². The molecule has 3 N–H and O–H groups in total. The van der Waals surface area contributed by atoms with Crippen molar-refractivity contribution in [1.82, 2.24) is 5.32 Å². The Bertz CT molecular complexity index is 645. The third kappa shape index (κ3) is 3.75. The zero-order chi connectivity index (χ0) is 15.6. The van der Waals surface area contributed by atoms with Gasteiger partial charge in [-0.05, 0) is 30.7 Å². The van der Waals surface area contributed by atoms with Gasteiger partial charge in [-0.15, -0.1) is 11.3 Å². The number of aryl methyl sites for hydroxylation is 1. The molecule has 2 aromatic rings. The van der Waals surface area contributed by atoms with Gasteiger partial charge < -0.3 is 11.1 Å². The molecule has 1 aromatic carbocycles. The fourth-order valence-electron chi connectivity index (χ4n) is 1.74. The molecule has 0 atom stereocenters. The highest BCUT2D eigenvalue weighted by molar-refractivity contribution is 7.14. The molecule has 112 valence electrons. The molecule has 0 bridgehead atoms. The zero-order valence-electron chi connectivity index (χ0n) is 11.1. The molecule has 21 heavy (non-hydrogen) atoms. The van der Waals surface area contributed by atoms with E-state index in [9.17, 15) is 18.0 Å². The zero-order valence-corrected chi connectivity index (χ0v) is 11.9. The molecule has 0 spiro atoms. The van der Waals surface area contributed by atoms with Gasteiger partial charge in [-0.1, -0.05) is 12.1 Å². The molecule has 1 heterocycles. The van der Waals surface area contributed by atoms with Crippen LogP contribution in [-0.2, 0) is 12.7 Å². The number of hydrogen-bond acceptors (Lipinski definition) is 3. The largest absolute Gasteiger partial charge is 0.416 e. The molecule has 0 saturated carbocycles. The Morgan fingerprint density at radius 2 is 2.05 bits per heavy atom. The Morgan fingerprint density at radius 1 is 1.33 bits per heavy atom. The van der Waals surface area contributed by atoms with E-state index < -0.39 is 11.7 Å². The van der Waals surface area contributed by atoms with E-state index in [4.69, 9.17) is 5.73 Å². The van der Waals surface area contributed by atoms with E-state index in [0.717, 1.165) is 17.0 Å². The van der Waals surface area contributed by atoms with Gasteiger partial charge in [0.2, 0.25) is 0 Å². The van der Waals surface area contributed by atoms with Crippen LogP contribution in [0.5, 0.6) is 0 Å². The predicted octanol–water partition coefficient (Wildman–Crippen LogP) is 3.59. The number of anilines is 1. The van der Waals surface area contributed by atoms with Crippen molar-refractivity contribution in [2.75, 3.05) is 5.73 Å². The third-order valence-corrected chi connectivity index (χ3v) is 3.95. The molecule has 0 aliphatic rings. The molecule has 0 unspecified atom stereocenters. The second-order valence-electron chi connectivity index (χ2n) is 4.50. The van der Waals surface area contributed by atoms with Crippen molar-refractivity contribution in [3.8, 4) is 0 Å². The van der Waals surface area contributed by atoms with Crippen molar-refractivity contribution in [2.24, 2.45) is 0 Å². The number of carbonyl (C=O) groups excluding carboxylic acids is 1. The Hall–Kier alpha value is -2.02. The van der Waals surface area contributed by atoms with E-state index in [1.54, 1.807) is 13.0 Å². The maximum Gasteiger partial charge on any atom is 0.416 e. The molecule has 1 amide bonds. The first kappa shape index (κ1) is 15.4. The number of carbonyl (C=O) groups is 1. The van der Waals surface area contributed by atoms with Crippen molar-refractivity contribution < 1.29 is 18.0 Å². The fraction of sp³-hybridized carbons (Fsp3) is 0.214. The van der Waals surface area contributed by atoms with Gasteiger partial charge in [-0.25, -0.2) is 0 Å². The van der Waals surface area contributed by atoms with Crippen molar-refractivity contribution in [2.45, 2.75) is 19.6 Å². The highest BCUT2D eigenvalue weighted by atomic mass is 32.1. The van der Waals surface area contributed by atoms with E-state index in [1.807, 2.05) is 0 Å². The van der Waals surface area contributed by atoms with Gasteiger partial charge in [0.25, 0.3) is 5.91 Å². The van der Waals surface area contributed by atoms with Crippen LogP contribution in [0.3, 0.4) is 0 Å². The maximum atomic E-state index is 12.6. The van der Waals surface area contributed by atoms with Crippen LogP contribution in [0.25, 0.3) is 0 Å². The lowest BCUT2D eigenvalue weighted by Gasteiger charge is -2.09. The van der Waals surface area contributed by atoms with E-state index >= 15 is 0 Å². The van der Waals surface area contributed by atoms with Crippen LogP contribution in [0.2, 0.25) is 0 Å². The summed E-state index contributed by atoms with van der Waals surface area (Å²) in [6.07, 6.45) is -4.39. The van der Waals surface area contributed by atoms with Crippen LogP contribution in [0.1, 0.15) is 25.7 Å². The van der Waals surface area contributed by atoms with Crippen molar-refractivity contribution in [1.29, 1.82) is 0 Å². The molecule has 7 heteroatoms. The summed E-state index contributed by atoms with van der Waals surface area (Å²) < 4.78 is 37.7. The number of alkyl halides is 3. The third-order valence-electron chi connectivity index (χ3n) is 2.89. The minimum atomic E-state index is -4.39. The second kappa shape index (κ2) is 5.77. The Labute approximate surface area is 123 Å². The molecular weight excluding hydrogens is 301 g/mol.